The molecule has 0 saturated heterocycles. The van der Waals surface area contributed by atoms with Gasteiger partial charge in [-0.25, -0.2) is 0 Å². The van der Waals surface area contributed by atoms with E-state index in [0.717, 1.165) is 17.6 Å². The van der Waals surface area contributed by atoms with Crippen molar-refractivity contribution in [2.75, 3.05) is 0 Å². The zero-order valence-corrected chi connectivity index (χ0v) is 17.1. The summed E-state index contributed by atoms with van der Waals surface area (Å²) in [5, 5.41) is 14.6. The van der Waals surface area contributed by atoms with E-state index in [0.29, 0.717) is 0 Å². The fraction of sp³-hybridized carbons (Fsp3) is 0.0690. The van der Waals surface area contributed by atoms with Gasteiger partial charge in [-0.15, -0.1) is 0 Å². The Morgan fingerprint density at radius 3 is 2.16 bits per heavy atom. The average Bonchev–Trinajstić information content (AvgIpc) is 2.80. The quantitative estimate of drug-likeness (QED) is 0.302. The second-order valence-electron chi connectivity index (χ2n) is 8.00. The van der Waals surface area contributed by atoms with Crippen LogP contribution in [0.3, 0.4) is 0 Å². The first-order chi connectivity index (χ1) is 15.2. The van der Waals surface area contributed by atoms with Gasteiger partial charge in [0, 0.05) is 18.1 Å². The Morgan fingerprint density at radius 2 is 1.42 bits per heavy atom. The fourth-order valence-corrected chi connectivity index (χ4v) is 4.28. The van der Waals surface area contributed by atoms with E-state index in [1.54, 1.807) is 24.3 Å². The second kappa shape index (κ2) is 8.08. The molecule has 1 unspecified atom stereocenters. The molecular formula is C29H23O2+. The molecule has 5 rings (SSSR count). The molecule has 0 aromatic heterocycles. The van der Waals surface area contributed by atoms with Crippen molar-refractivity contribution in [3.05, 3.63) is 126 Å². The molecule has 0 heterocycles. The topological polar surface area (TPSA) is 41.6 Å². The van der Waals surface area contributed by atoms with Gasteiger partial charge in [0.1, 0.15) is 5.75 Å². The second-order valence-corrected chi connectivity index (χ2v) is 8.00. The van der Waals surface area contributed by atoms with Gasteiger partial charge < -0.3 is 5.11 Å². The number of ketones is 1. The Bertz CT molecular complexity index is 1350. The molecule has 2 nitrogen and oxygen atoms in total. The SMILES string of the molecule is Oc1ccc(CC(C=C2C=CC(=[OH+])C=C2)c2cccc3cc4ccccc4cc23)cc1. The average molecular weight is 404 g/mol. The number of hydrogen-bond donors (Lipinski definition) is 1. The van der Waals surface area contributed by atoms with Crippen molar-refractivity contribution in [3.63, 3.8) is 0 Å². The van der Waals surface area contributed by atoms with Gasteiger partial charge in [-0.05, 0) is 81.1 Å². The van der Waals surface area contributed by atoms with Crippen LogP contribution in [0, 0.1) is 0 Å². The molecule has 0 amide bonds. The standard InChI is InChI=1S/C29H22O2/c30-26-12-8-20(9-13-26)16-25(17-21-10-14-27(31)15-11-21)28-7-3-6-24-18-22-4-1-2-5-23(22)19-29(24)28/h1-16,18-19,25,31H,17H2/p+1. The lowest BCUT2D eigenvalue weighted by molar-refractivity contribution is 0.475. The first-order valence-electron chi connectivity index (χ1n) is 10.5. The Balaban J connectivity index is 1.65. The zero-order valence-electron chi connectivity index (χ0n) is 17.1. The maximum atomic E-state index is 9.68. The first-order valence-corrected chi connectivity index (χ1v) is 10.5. The smallest absolute Gasteiger partial charge is 0.340 e. The van der Waals surface area contributed by atoms with E-state index < -0.39 is 0 Å². The number of phenolic OH excluding ortho intramolecular Hbond substituents is 1. The van der Waals surface area contributed by atoms with E-state index in [2.05, 4.69) is 60.7 Å². The predicted octanol–water partition coefficient (Wildman–Crippen LogP) is 6.62. The number of allylic oxidation sites excluding steroid dienone is 6. The Labute approximate surface area is 181 Å². The van der Waals surface area contributed by atoms with Crippen LogP contribution >= 0.6 is 0 Å². The molecule has 2 heteroatoms. The third kappa shape index (κ3) is 4.06. The molecule has 0 bridgehead atoms. The van der Waals surface area contributed by atoms with Crippen LogP contribution in [0.2, 0.25) is 0 Å². The normalized spacial score (nSPS) is 14.3. The molecule has 1 atom stereocenters. The summed E-state index contributed by atoms with van der Waals surface area (Å²) in [7, 11) is 0. The lowest BCUT2D eigenvalue weighted by Gasteiger charge is -2.18. The maximum Gasteiger partial charge on any atom is 0.340 e. The molecule has 0 saturated carbocycles. The predicted molar refractivity (Wildman–Crippen MR) is 129 cm³/mol. The fourth-order valence-electron chi connectivity index (χ4n) is 4.28. The van der Waals surface area contributed by atoms with Crippen LogP contribution in [-0.4, -0.2) is 15.7 Å². The van der Waals surface area contributed by atoms with Gasteiger partial charge in [-0.2, -0.15) is 0 Å². The molecule has 0 fully saturated rings. The zero-order chi connectivity index (χ0) is 21.2. The van der Waals surface area contributed by atoms with E-state index >= 15 is 0 Å². The van der Waals surface area contributed by atoms with Crippen molar-refractivity contribution >= 4 is 27.3 Å². The first kappa shape index (κ1) is 19.1. The highest BCUT2D eigenvalue weighted by atomic mass is 16.3. The van der Waals surface area contributed by atoms with Gasteiger partial charge >= 0.3 is 5.78 Å². The molecule has 2 N–H and O–H groups in total. The number of aromatic hydroxyl groups is 1. The summed E-state index contributed by atoms with van der Waals surface area (Å²) in [6.07, 6.45) is 10.4. The third-order valence-corrected chi connectivity index (χ3v) is 5.86. The molecule has 0 radical (unpaired) electrons. The number of benzene rings is 4. The van der Waals surface area contributed by atoms with Crippen molar-refractivity contribution in [2.24, 2.45) is 0 Å². The van der Waals surface area contributed by atoms with Crippen LogP contribution in [0.4, 0.5) is 0 Å². The minimum atomic E-state index is 0.138. The lowest BCUT2D eigenvalue weighted by atomic mass is 9.86. The number of rotatable bonds is 4. The molecule has 31 heavy (non-hydrogen) atoms. The van der Waals surface area contributed by atoms with Crippen molar-refractivity contribution in [1.82, 2.24) is 0 Å². The monoisotopic (exact) mass is 403 g/mol. The van der Waals surface area contributed by atoms with Gasteiger partial charge in [-0.3, -0.25) is 4.79 Å². The van der Waals surface area contributed by atoms with Crippen molar-refractivity contribution in [2.45, 2.75) is 12.3 Å². The molecule has 150 valence electrons. The molecular weight excluding hydrogens is 380 g/mol. The van der Waals surface area contributed by atoms with Crippen molar-refractivity contribution in [3.8, 4) is 5.75 Å². The largest absolute Gasteiger partial charge is 0.508 e. The number of phenols is 1. The summed E-state index contributed by atoms with van der Waals surface area (Å²) >= 11 is 0. The summed E-state index contributed by atoms with van der Waals surface area (Å²) in [6.45, 7) is 0. The molecule has 4 aromatic carbocycles. The summed E-state index contributed by atoms with van der Waals surface area (Å²) in [5.74, 6) is 0.683. The Morgan fingerprint density at radius 1 is 0.742 bits per heavy atom. The highest BCUT2D eigenvalue weighted by molar-refractivity contribution is 6.02. The highest BCUT2D eigenvalue weighted by Gasteiger charge is 2.15. The summed E-state index contributed by atoms with van der Waals surface area (Å²) < 4.78 is 0. The number of hydrogen-bond acceptors (Lipinski definition) is 1. The van der Waals surface area contributed by atoms with Gasteiger partial charge in [0.25, 0.3) is 0 Å². The van der Waals surface area contributed by atoms with Gasteiger partial charge in [0.15, 0.2) is 0 Å². The van der Waals surface area contributed by atoms with E-state index in [9.17, 15) is 9.90 Å². The van der Waals surface area contributed by atoms with Gasteiger partial charge in [0.2, 0.25) is 0 Å². The van der Waals surface area contributed by atoms with Crippen molar-refractivity contribution in [1.29, 1.82) is 0 Å². The van der Waals surface area contributed by atoms with Crippen LogP contribution in [0.25, 0.3) is 21.5 Å². The molecule has 0 spiro atoms. The minimum absolute atomic E-state index is 0.138. The van der Waals surface area contributed by atoms with Crippen LogP contribution in [0.1, 0.15) is 17.0 Å². The summed E-state index contributed by atoms with van der Waals surface area (Å²) in [6, 6.07) is 26.9. The Hall–Kier alpha value is -3.91. The van der Waals surface area contributed by atoms with Crippen LogP contribution in [-0.2, 0) is 6.42 Å². The molecule has 1 aliphatic carbocycles. The molecule has 1 aliphatic rings. The lowest BCUT2D eigenvalue weighted by Crippen LogP contribution is -2.03. The van der Waals surface area contributed by atoms with Gasteiger partial charge in [-0.1, -0.05) is 60.7 Å². The molecule has 0 aliphatic heterocycles. The third-order valence-electron chi connectivity index (χ3n) is 5.86. The van der Waals surface area contributed by atoms with Gasteiger partial charge in [0.05, 0.1) is 0 Å². The maximum absolute atomic E-state index is 9.68. The minimum Gasteiger partial charge on any atom is -0.508 e. The van der Waals surface area contributed by atoms with E-state index in [-0.39, 0.29) is 17.5 Å². The number of fused-ring (bicyclic) bond motifs is 2. The summed E-state index contributed by atoms with van der Waals surface area (Å²) in [4.78, 5) is 9.67. The van der Waals surface area contributed by atoms with Crippen LogP contribution in [0.15, 0.2) is 115 Å². The van der Waals surface area contributed by atoms with E-state index in [1.807, 2.05) is 24.3 Å². The van der Waals surface area contributed by atoms with Crippen molar-refractivity contribution < 1.29 is 9.90 Å². The highest BCUT2D eigenvalue weighted by Crippen LogP contribution is 2.33. The summed E-state index contributed by atoms with van der Waals surface area (Å²) in [5.41, 5.74) is 3.50. The van der Waals surface area contributed by atoms with Crippen LogP contribution in [0.5, 0.6) is 5.75 Å². The Kier molecular flexibility index (Phi) is 4.97. The molecule has 4 aromatic rings. The number of carbonyl (C=O) groups excluding carboxylic acids is 1. The van der Waals surface area contributed by atoms with E-state index in [4.69, 9.17) is 0 Å². The van der Waals surface area contributed by atoms with Crippen LogP contribution < -0.4 is 0 Å². The van der Waals surface area contributed by atoms with E-state index in [1.165, 1.54) is 27.1 Å².